The van der Waals surface area contributed by atoms with Gasteiger partial charge in [0.1, 0.15) is 29.2 Å². The molecule has 0 radical (unpaired) electrons. The Balaban J connectivity index is 1.78. The van der Waals surface area contributed by atoms with Crippen LogP contribution in [0.4, 0.5) is 13.2 Å². The van der Waals surface area contributed by atoms with Gasteiger partial charge in [-0.05, 0) is 52.0 Å². The summed E-state index contributed by atoms with van der Waals surface area (Å²) < 4.78 is 52.9. The van der Waals surface area contributed by atoms with Crippen LogP contribution in [0.1, 0.15) is 47.6 Å². The van der Waals surface area contributed by atoms with Crippen molar-refractivity contribution in [1.82, 2.24) is 14.5 Å². The number of nitrogens with zero attached hydrogens (tertiary/aromatic N) is 4. The van der Waals surface area contributed by atoms with Crippen molar-refractivity contribution in [3.63, 3.8) is 0 Å². The fourth-order valence-corrected chi connectivity index (χ4v) is 4.67. The highest BCUT2D eigenvalue weighted by Gasteiger charge is 2.34. The molecule has 0 bridgehead atoms. The molecule has 0 atom stereocenters. The zero-order chi connectivity index (χ0) is 29.9. The number of halogens is 4. The summed E-state index contributed by atoms with van der Waals surface area (Å²) in [5.41, 5.74) is 1.70. The summed E-state index contributed by atoms with van der Waals surface area (Å²) in [6, 6.07) is 11.0. The molecule has 214 valence electrons. The Morgan fingerprint density at radius 1 is 1.10 bits per heavy atom. The smallest absolute Gasteiger partial charge is 0.421 e. The van der Waals surface area contributed by atoms with Crippen LogP contribution >= 0.6 is 11.6 Å². The lowest BCUT2D eigenvalue weighted by Crippen LogP contribution is -2.29. The van der Waals surface area contributed by atoms with Gasteiger partial charge in [0.2, 0.25) is 0 Å². The number of rotatable bonds is 8. The summed E-state index contributed by atoms with van der Waals surface area (Å²) in [5.74, 6) is 0.891. The van der Waals surface area contributed by atoms with E-state index in [9.17, 15) is 18.0 Å². The van der Waals surface area contributed by atoms with Gasteiger partial charge in [-0.3, -0.25) is 14.8 Å². The van der Waals surface area contributed by atoms with Crippen LogP contribution in [-0.4, -0.2) is 27.9 Å². The molecule has 0 saturated heterocycles. The highest BCUT2D eigenvalue weighted by Crippen LogP contribution is 2.34. The van der Waals surface area contributed by atoms with Crippen LogP contribution in [0, 0.1) is 13.8 Å². The second-order valence-electron chi connectivity index (χ2n) is 9.27. The molecule has 4 rings (SSSR count). The van der Waals surface area contributed by atoms with E-state index >= 15 is 0 Å². The first-order valence-electron chi connectivity index (χ1n) is 12.6. The van der Waals surface area contributed by atoms with E-state index in [1.165, 1.54) is 19.4 Å². The Hall–Kier alpha value is -4.18. The van der Waals surface area contributed by atoms with Crippen molar-refractivity contribution in [1.29, 1.82) is 0 Å². The number of hydrogen-bond acceptors (Lipinski definition) is 6. The first-order chi connectivity index (χ1) is 19.4. The normalized spacial score (nSPS) is 12.6. The summed E-state index contributed by atoms with van der Waals surface area (Å²) in [6.45, 7) is 6.89. The first-order valence-corrected chi connectivity index (χ1v) is 13.0. The van der Waals surface area contributed by atoms with Gasteiger partial charge in [0, 0.05) is 45.8 Å². The fraction of sp³-hybridized carbons (Fsp3) is 0.267. The van der Waals surface area contributed by atoms with E-state index < -0.39 is 17.3 Å². The first kappa shape index (κ1) is 29.8. The Morgan fingerprint density at radius 3 is 2.49 bits per heavy atom. The van der Waals surface area contributed by atoms with Gasteiger partial charge >= 0.3 is 6.18 Å². The monoisotopic (exact) mass is 584 g/mol. The van der Waals surface area contributed by atoms with Crippen LogP contribution in [0.25, 0.3) is 16.6 Å². The number of fused-ring (bicyclic) bond motifs is 1. The average molecular weight is 585 g/mol. The van der Waals surface area contributed by atoms with Crippen LogP contribution in [-0.2, 0) is 19.3 Å². The number of aromatic nitrogens is 3. The molecule has 4 aromatic rings. The molecule has 3 aromatic heterocycles. The molecule has 41 heavy (non-hydrogen) atoms. The number of benzene rings is 1. The number of aryl methyl sites for hydroxylation is 2. The SMILES string of the molecule is CC=N/C(=C(\C)Cl)c1cc(C)nc2c(OCc3c(OC)cc(C)nc3Cn3cccc(C(F)(F)F)c3=O)cccc12. The second kappa shape index (κ2) is 12.1. The van der Waals surface area contributed by atoms with Gasteiger partial charge in [0.15, 0.2) is 0 Å². The van der Waals surface area contributed by atoms with E-state index in [0.29, 0.717) is 44.7 Å². The van der Waals surface area contributed by atoms with Crippen LogP contribution in [0.15, 0.2) is 63.5 Å². The summed E-state index contributed by atoms with van der Waals surface area (Å²) in [6.07, 6.45) is -1.82. The second-order valence-corrected chi connectivity index (χ2v) is 9.83. The van der Waals surface area contributed by atoms with Crippen LogP contribution in [0.3, 0.4) is 0 Å². The number of pyridine rings is 3. The lowest BCUT2D eigenvalue weighted by atomic mass is 10.0. The Labute approximate surface area is 240 Å². The highest BCUT2D eigenvalue weighted by atomic mass is 35.5. The van der Waals surface area contributed by atoms with E-state index in [1.807, 2.05) is 25.1 Å². The molecule has 0 unspecified atom stereocenters. The largest absolute Gasteiger partial charge is 0.496 e. The maximum absolute atomic E-state index is 13.4. The minimum atomic E-state index is -4.78. The van der Waals surface area contributed by atoms with Gasteiger partial charge in [-0.15, -0.1) is 0 Å². The van der Waals surface area contributed by atoms with Crippen LogP contribution in [0.5, 0.6) is 11.5 Å². The molecule has 0 fully saturated rings. The van der Waals surface area contributed by atoms with Gasteiger partial charge in [-0.25, -0.2) is 4.98 Å². The number of aliphatic imine (C=N–C) groups is 1. The summed E-state index contributed by atoms with van der Waals surface area (Å²) in [4.78, 5) is 26.3. The lowest BCUT2D eigenvalue weighted by molar-refractivity contribution is -0.138. The third-order valence-corrected chi connectivity index (χ3v) is 6.48. The fourth-order valence-electron chi connectivity index (χ4n) is 4.52. The molecule has 0 aliphatic rings. The van der Waals surface area contributed by atoms with Gasteiger partial charge in [-0.1, -0.05) is 23.7 Å². The third kappa shape index (κ3) is 6.43. The van der Waals surface area contributed by atoms with Crippen molar-refractivity contribution in [3.05, 3.63) is 97.8 Å². The van der Waals surface area contributed by atoms with Gasteiger partial charge in [0.25, 0.3) is 5.56 Å². The van der Waals surface area contributed by atoms with Gasteiger partial charge < -0.3 is 14.0 Å². The van der Waals surface area contributed by atoms with E-state index in [-0.39, 0.29) is 13.2 Å². The highest BCUT2D eigenvalue weighted by molar-refractivity contribution is 6.32. The molecule has 0 amide bonds. The number of para-hydroxylation sites is 1. The average Bonchev–Trinajstić information content (AvgIpc) is 2.90. The maximum atomic E-state index is 13.4. The quantitative estimate of drug-likeness (QED) is 0.207. The molecular weight excluding hydrogens is 557 g/mol. The molecular formula is C30H28ClF3N4O3. The van der Waals surface area contributed by atoms with Crippen molar-refractivity contribution in [2.45, 2.75) is 47.0 Å². The molecule has 0 saturated carbocycles. The standard InChI is InChI=1S/C30H28ClF3N4O3/c1-6-35-27(19(4)31)21-13-17(2)37-28-20(21)9-7-11-25(28)41-16-22-24(36-18(3)14-26(22)40-5)15-38-12-8-10-23(29(38)39)30(32,33)34/h6-14H,15-16H2,1-5H3/b27-19+,35-6?. The van der Waals surface area contributed by atoms with Crippen molar-refractivity contribution < 1.29 is 22.6 Å². The summed E-state index contributed by atoms with van der Waals surface area (Å²) >= 11 is 6.37. The topological polar surface area (TPSA) is 78.6 Å². The predicted octanol–water partition coefficient (Wildman–Crippen LogP) is 7.08. The molecule has 3 heterocycles. The van der Waals surface area contributed by atoms with Gasteiger partial charge in [-0.2, -0.15) is 13.2 Å². The van der Waals surface area contributed by atoms with Crippen LogP contribution in [0.2, 0.25) is 0 Å². The number of hydrogen-bond donors (Lipinski definition) is 0. The van der Waals surface area contributed by atoms with Crippen LogP contribution < -0.4 is 15.0 Å². The predicted molar refractivity (Wildman–Crippen MR) is 154 cm³/mol. The maximum Gasteiger partial charge on any atom is 0.421 e. The molecule has 0 spiro atoms. The number of allylic oxidation sites excluding steroid dienone is 1. The summed E-state index contributed by atoms with van der Waals surface area (Å²) in [7, 11) is 1.48. The minimum Gasteiger partial charge on any atom is -0.496 e. The minimum absolute atomic E-state index is 0.0477. The molecule has 11 heteroatoms. The van der Waals surface area contributed by atoms with E-state index in [4.69, 9.17) is 26.1 Å². The molecule has 7 nitrogen and oxygen atoms in total. The van der Waals surface area contributed by atoms with Crippen molar-refractivity contribution >= 4 is 34.4 Å². The zero-order valence-corrected chi connectivity index (χ0v) is 23.9. The Morgan fingerprint density at radius 2 is 1.83 bits per heavy atom. The third-order valence-electron chi connectivity index (χ3n) is 6.30. The van der Waals surface area contributed by atoms with Gasteiger partial charge in [0.05, 0.1) is 30.6 Å². The number of alkyl halides is 3. The molecule has 1 aromatic carbocycles. The van der Waals surface area contributed by atoms with Crippen molar-refractivity contribution in [2.24, 2.45) is 4.99 Å². The number of methoxy groups -OCH3 is 1. The Kier molecular flexibility index (Phi) is 8.82. The molecule has 0 aliphatic carbocycles. The molecule has 0 N–H and O–H groups in total. The lowest BCUT2D eigenvalue weighted by Gasteiger charge is -2.18. The number of ether oxygens (including phenoxy) is 2. The summed E-state index contributed by atoms with van der Waals surface area (Å²) in [5, 5.41) is 1.30. The van der Waals surface area contributed by atoms with E-state index in [0.717, 1.165) is 27.3 Å². The molecule has 0 aliphatic heterocycles. The van der Waals surface area contributed by atoms with E-state index in [2.05, 4.69) is 9.98 Å². The Bertz CT molecular complexity index is 1730. The van der Waals surface area contributed by atoms with E-state index in [1.54, 1.807) is 39.1 Å². The zero-order valence-electron chi connectivity index (χ0n) is 23.1. The van der Waals surface area contributed by atoms with Crippen molar-refractivity contribution in [2.75, 3.05) is 7.11 Å². The van der Waals surface area contributed by atoms with Crippen molar-refractivity contribution in [3.8, 4) is 11.5 Å².